The van der Waals surface area contributed by atoms with Gasteiger partial charge in [0.15, 0.2) is 0 Å². The molecule has 0 spiro atoms. The van der Waals surface area contributed by atoms with Crippen molar-refractivity contribution in [1.29, 1.82) is 0 Å². The number of aromatic nitrogens is 2. The first-order chi connectivity index (χ1) is 8.83. The second kappa shape index (κ2) is 4.94. The number of halogens is 1. The molecule has 1 aromatic carbocycles. The summed E-state index contributed by atoms with van der Waals surface area (Å²) < 4.78 is 6.76. The number of benzene rings is 1. The van der Waals surface area contributed by atoms with Gasteiger partial charge in [0.25, 0.3) is 0 Å². The summed E-state index contributed by atoms with van der Waals surface area (Å²) >= 11 is 3.53. The Hall–Kier alpha value is -1.62. The van der Waals surface area contributed by atoms with Crippen molar-refractivity contribution >= 4 is 21.7 Å². The van der Waals surface area contributed by atoms with E-state index in [0.29, 0.717) is 6.54 Å². The highest BCUT2D eigenvalue weighted by molar-refractivity contribution is 9.10. The Kier molecular flexibility index (Phi) is 3.15. The fourth-order valence-electron chi connectivity index (χ4n) is 2.06. The maximum Gasteiger partial charge on any atom is 0.148 e. The Morgan fingerprint density at radius 2 is 2.33 bits per heavy atom. The summed E-state index contributed by atoms with van der Waals surface area (Å²) in [7, 11) is 0. The van der Waals surface area contributed by atoms with Crippen molar-refractivity contribution in [3.05, 3.63) is 46.1 Å². The molecule has 0 fully saturated rings. The number of nitrogens with one attached hydrogen (secondary N) is 1. The third-order valence-electron chi connectivity index (χ3n) is 2.86. The van der Waals surface area contributed by atoms with Crippen LogP contribution in [0.4, 0.5) is 5.82 Å². The molecule has 0 radical (unpaired) electrons. The summed E-state index contributed by atoms with van der Waals surface area (Å²) in [4.78, 5) is 0. The van der Waals surface area contributed by atoms with Gasteiger partial charge >= 0.3 is 0 Å². The summed E-state index contributed by atoms with van der Waals surface area (Å²) in [5.41, 5.74) is 2.41. The summed E-state index contributed by atoms with van der Waals surface area (Å²) in [5.74, 6) is 1.78. The third kappa shape index (κ3) is 2.31. The Balaban J connectivity index is 1.81. The van der Waals surface area contributed by atoms with E-state index in [9.17, 15) is 0 Å². The highest BCUT2D eigenvalue weighted by Gasteiger charge is 2.17. The molecule has 0 aliphatic carbocycles. The molecule has 4 nitrogen and oxygen atoms in total. The average molecular weight is 306 g/mol. The van der Waals surface area contributed by atoms with Crippen LogP contribution in [0.15, 0.2) is 34.9 Å². The van der Waals surface area contributed by atoms with Crippen LogP contribution >= 0.6 is 15.9 Å². The maximum atomic E-state index is 5.68. The predicted octanol–water partition coefficient (Wildman–Crippen LogP) is 2.79. The van der Waals surface area contributed by atoms with Crippen molar-refractivity contribution in [2.45, 2.75) is 13.0 Å². The Morgan fingerprint density at radius 3 is 3.17 bits per heavy atom. The van der Waals surface area contributed by atoms with Crippen LogP contribution in [0.2, 0.25) is 0 Å². The van der Waals surface area contributed by atoms with E-state index in [0.717, 1.165) is 34.6 Å². The largest absolute Gasteiger partial charge is 0.493 e. The van der Waals surface area contributed by atoms with Crippen molar-refractivity contribution in [3.8, 4) is 5.75 Å². The van der Waals surface area contributed by atoms with Gasteiger partial charge in [-0.2, -0.15) is 5.10 Å². The van der Waals surface area contributed by atoms with E-state index in [1.165, 1.54) is 5.56 Å². The van der Waals surface area contributed by atoms with Crippen molar-refractivity contribution in [1.82, 2.24) is 10.2 Å². The molecule has 2 heterocycles. The smallest absolute Gasteiger partial charge is 0.148 e. The molecule has 18 heavy (non-hydrogen) atoms. The van der Waals surface area contributed by atoms with Crippen molar-refractivity contribution in [2.75, 3.05) is 11.9 Å². The zero-order valence-electron chi connectivity index (χ0n) is 9.69. The number of rotatable bonds is 3. The molecule has 1 aliphatic rings. The van der Waals surface area contributed by atoms with Gasteiger partial charge in [-0.25, -0.2) is 0 Å². The highest BCUT2D eigenvalue weighted by Crippen LogP contribution is 2.33. The van der Waals surface area contributed by atoms with E-state index in [1.54, 1.807) is 6.20 Å². The monoisotopic (exact) mass is 305 g/mol. The maximum absolute atomic E-state index is 5.68. The van der Waals surface area contributed by atoms with Gasteiger partial charge in [-0.05, 0) is 29.8 Å². The van der Waals surface area contributed by atoms with Crippen molar-refractivity contribution < 1.29 is 4.74 Å². The number of hydrogen-bond donors (Lipinski definition) is 1. The minimum Gasteiger partial charge on any atom is -0.493 e. The number of anilines is 1. The highest BCUT2D eigenvalue weighted by atomic mass is 79.9. The molecule has 1 aromatic heterocycles. The first kappa shape index (κ1) is 11.5. The first-order valence-corrected chi connectivity index (χ1v) is 6.58. The molecule has 0 unspecified atom stereocenters. The fraction of sp³-hybridized carbons (Fsp3) is 0.231. The number of fused-ring (bicyclic) bond motifs is 1. The number of ether oxygens (including phenoxy) is 1. The molecule has 0 saturated heterocycles. The van der Waals surface area contributed by atoms with E-state index < -0.39 is 0 Å². The normalized spacial score (nSPS) is 12.9. The van der Waals surface area contributed by atoms with E-state index in [-0.39, 0.29) is 0 Å². The van der Waals surface area contributed by atoms with E-state index in [4.69, 9.17) is 4.74 Å². The fourth-order valence-corrected chi connectivity index (χ4v) is 2.61. The number of nitrogens with zero attached hydrogens (tertiary/aromatic N) is 2. The van der Waals surface area contributed by atoms with Gasteiger partial charge in [-0.3, -0.25) is 0 Å². The van der Waals surface area contributed by atoms with Gasteiger partial charge < -0.3 is 10.1 Å². The molecule has 2 aromatic rings. The molecule has 3 rings (SSSR count). The zero-order chi connectivity index (χ0) is 12.4. The SMILES string of the molecule is Brc1cc2c(c(CNc3cccnn3)c1)OCC2. The third-order valence-corrected chi connectivity index (χ3v) is 3.32. The second-order valence-corrected chi connectivity index (χ2v) is 5.03. The molecule has 0 saturated carbocycles. The minimum absolute atomic E-state index is 0.681. The lowest BCUT2D eigenvalue weighted by molar-refractivity contribution is 0.354. The van der Waals surface area contributed by atoms with Crippen molar-refractivity contribution in [2.24, 2.45) is 0 Å². The quantitative estimate of drug-likeness (QED) is 0.947. The molecule has 0 amide bonds. The molecule has 0 atom stereocenters. The van der Waals surface area contributed by atoms with Crippen LogP contribution in [0.5, 0.6) is 5.75 Å². The van der Waals surface area contributed by atoms with Gasteiger partial charge in [-0.15, -0.1) is 5.10 Å². The second-order valence-electron chi connectivity index (χ2n) is 4.11. The van der Waals surface area contributed by atoms with E-state index in [2.05, 4.69) is 43.6 Å². The van der Waals surface area contributed by atoms with Crippen LogP contribution in [0, 0.1) is 0 Å². The zero-order valence-corrected chi connectivity index (χ0v) is 11.3. The van der Waals surface area contributed by atoms with Crippen LogP contribution in [-0.4, -0.2) is 16.8 Å². The first-order valence-electron chi connectivity index (χ1n) is 5.78. The van der Waals surface area contributed by atoms with Crippen LogP contribution in [-0.2, 0) is 13.0 Å². The Bertz CT molecular complexity index is 560. The van der Waals surface area contributed by atoms with Crippen molar-refractivity contribution in [3.63, 3.8) is 0 Å². The summed E-state index contributed by atoms with van der Waals surface area (Å²) in [6.45, 7) is 1.45. The van der Waals surface area contributed by atoms with E-state index in [1.807, 2.05) is 12.1 Å². The molecule has 0 bridgehead atoms. The van der Waals surface area contributed by atoms with Gasteiger partial charge in [0.1, 0.15) is 11.6 Å². The van der Waals surface area contributed by atoms with Gasteiger partial charge in [0.2, 0.25) is 0 Å². The molecule has 5 heteroatoms. The lowest BCUT2D eigenvalue weighted by atomic mass is 10.1. The lowest BCUT2D eigenvalue weighted by Gasteiger charge is -2.10. The van der Waals surface area contributed by atoms with Crippen LogP contribution < -0.4 is 10.1 Å². The average Bonchev–Trinajstić information content (AvgIpc) is 2.85. The molecular formula is C13H12BrN3O. The Morgan fingerprint density at radius 1 is 1.39 bits per heavy atom. The van der Waals surface area contributed by atoms with Crippen LogP contribution in [0.3, 0.4) is 0 Å². The summed E-state index contributed by atoms with van der Waals surface area (Å²) in [6.07, 6.45) is 2.64. The van der Waals surface area contributed by atoms with E-state index >= 15 is 0 Å². The topological polar surface area (TPSA) is 47.0 Å². The van der Waals surface area contributed by atoms with Gasteiger partial charge in [0.05, 0.1) is 6.61 Å². The molecule has 1 aliphatic heterocycles. The summed E-state index contributed by atoms with van der Waals surface area (Å²) in [5, 5.41) is 11.1. The van der Waals surface area contributed by atoms with Crippen LogP contribution in [0.25, 0.3) is 0 Å². The molecule has 1 N–H and O–H groups in total. The lowest BCUT2D eigenvalue weighted by Crippen LogP contribution is -2.03. The van der Waals surface area contributed by atoms with Gasteiger partial charge in [0, 0.05) is 29.2 Å². The van der Waals surface area contributed by atoms with Crippen LogP contribution in [0.1, 0.15) is 11.1 Å². The molecular weight excluding hydrogens is 294 g/mol. The summed E-state index contributed by atoms with van der Waals surface area (Å²) in [6, 6.07) is 7.95. The number of hydrogen-bond acceptors (Lipinski definition) is 4. The Labute approximate surface area is 114 Å². The molecule has 92 valence electrons. The predicted molar refractivity (Wildman–Crippen MR) is 72.7 cm³/mol. The standard InChI is InChI=1S/C13H12BrN3O/c14-11-6-9-3-5-18-13(9)10(7-11)8-15-12-2-1-4-16-17-12/h1-2,4,6-7H,3,5,8H2,(H,15,17). The van der Waals surface area contributed by atoms with Gasteiger partial charge in [-0.1, -0.05) is 15.9 Å². The minimum atomic E-state index is 0.681.